The molecule has 5 heteroatoms. The second kappa shape index (κ2) is 5.21. The van der Waals surface area contributed by atoms with Gasteiger partial charge in [-0.3, -0.25) is 9.88 Å². The van der Waals surface area contributed by atoms with Crippen LogP contribution in [-0.2, 0) is 0 Å². The molecule has 1 N–H and O–H groups in total. The van der Waals surface area contributed by atoms with Gasteiger partial charge in [-0.25, -0.2) is 4.79 Å². The Bertz CT molecular complexity index is 598. The zero-order valence-electron chi connectivity index (χ0n) is 11.1. The number of ether oxygens (including phenoxy) is 1. The molecule has 1 saturated heterocycles. The molecule has 20 heavy (non-hydrogen) atoms. The van der Waals surface area contributed by atoms with Gasteiger partial charge in [-0.1, -0.05) is 6.07 Å². The van der Waals surface area contributed by atoms with Crippen molar-refractivity contribution in [3.05, 3.63) is 54.4 Å². The first-order valence-electron chi connectivity index (χ1n) is 6.40. The van der Waals surface area contributed by atoms with Crippen LogP contribution in [-0.4, -0.2) is 24.7 Å². The predicted octanol–water partition coefficient (Wildman–Crippen LogP) is 2.36. The molecule has 1 aromatic heterocycles. The Balaban J connectivity index is 1.94. The quantitative estimate of drug-likeness (QED) is 0.930. The fourth-order valence-corrected chi connectivity index (χ4v) is 2.38. The molecule has 1 fully saturated rings. The summed E-state index contributed by atoms with van der Waals surface area (Å²) in [5.74, 6) is 0.770. The number of carbonyl (C=O) groups is 1. The van der Waals surface area contributed by atoms with Crippen molar-refractivity contribution >= 4 is 11.7 Å². The minimum Gasteiger partial charge on any atom is -0.497 e. The summed E-state index contributed by atoms with van der Waals surface area (Å²) < 4.78 is 5.14. The average molecular weight is 269 g/mol. The van der Waals surface area contributed by atoms with Gasteiger partial charge in [-0.2, -0.15) is 0 Å². The third-order valence-electron chi connectivity index (χ3n) is 3.40. The standard InChI is InChI=1S/C15H15N3O2/c1-20-13-6-4-12(5-7-13)18-14(10-17-15(18)19)11-3-2-8-16-9-11/h2-9,14H,10H2,1H3,(H,17,19). The Morgan fingerprint density at radius 3 is 2.75 bits per heavy atom. The molecule has 2 amide bonds. The molecule has 0 spiro atoms. The molecule has 0 radical (unpaired) electrons. The van der Waals surface area contributed by atoms with Gasteiger partial charge in [0.05, 0.1) is 13.2 Å². The van der Waals surface area contributed by atoms with E-state index in [0.717, 1.165) is 17.0 Å². The molecule has 1 atom stereocenters. The molecule has 1 aliphatic rings. The van der Waals surface area contributed by atoms with Crippen LogP contribution in [0.3, 0.4) is 0 Å². The molecule has 2 aromatic rings. The van der Waals surface area contributed by atoms with Crippen LogP contribution < -0.4 is 15.0 Å². The van der Waals surface area contributed by atoms with Gasteiger partial charge in [0.15, 0.2) is 0 Å². The van der Waals surface area contributed by atoms with Crippen LogP contribution in [0.1, 0.15) is 11.6 Å². The van der Waals surface area contributed by atoms with E-state index in [2.05, 4.69) is 10.3 Å². The minimum absolute atomic E-state index is 0.0374. The zero-order valence-corrected chi connectivity index (χ0v) is 11.1. The lowest BCUT2D eigenvalue weighted by Gasteiger charge is -2.23. The van der Waals surface area contributed by atoms with E-state index in [1.54, 1.807) is 24.4 Å². The summed E-state index contributed by atoms with van der Waals surface area (Å²) in [4.78, 5) is 17.9. The van der Waals surface area contributed by atoms with E-state index in [4.69, 9.17) is 4.74 Å². The van der Waals surface area contributed by atoms with Crippen LogP contribution >= 0.6 is 0 Å². The minimum atomic E-state index is -0.0935. The van der Waals surface area contributed by atoms with Gasteiger partial charge < -0.3 is 10.1 Å². The van der Waals surface area contributed by atoms with E-state index in [1.165, 1.54) is 0 Å². The monoisotopic (exact) mass is 269 g/mol. The number of hydrogen-bond donors (Lipinski definition) is 1. The van der Waals surface area contributed by atoms with Crippen molar-refractivity contribution in [3.63, 3.8) is 0 Å². The smallest absolute Gasteiger partial charge is 0.322 e. The summed E-state index contributed by atoms with van der Waals surface area (Å²) in [6.07, 6.45) is 3.52. The third-order valence-corrected chi connectivity index (χ3v) is 3.40. The van der Waals surface area contributed by atoms with Crippen molar-refractivity contribution in [2.45, 2.75) is 6.04 Å². The average Bonchev–Trinajstić information content (AvgIpc) is 2.90. The highest BCUT2D eigenvalue weighted by Gasteiger charge is 2.33. The molecule has 1 aliphatic heterocycles. The third kappa shape index (κ3) is 2.18. The van der Waals surface area contributed by atoms with Crippen molar-refractivity contribution < 1.29 is 9.53 Å². The van der Waals surface area contributed by atoms with Crippen LogP contribution in [0.4, 0.5) is 10.5 Å². The van der Waals surface area contributed by atoms with Crippen molar-refractivity contribution in [2.75, 3.05) is 18.6 Å². The first kappa shape index (κ1) is 12.5. The lowest BCUT2D eigenvalue weighted by Crippen LogP contribution is -2.29. The number of amides is 2. The highest BCUT2D eigenvalue weighted by atomic mass is 16.5. The van der Waals surface area contributed by atoms with Crippen LogP contribution in [0.2, 0.25) is 0 Å². The van der Waals surface area contributed by atoms with Crippen LogP contribution in [0.5, 0.6) is 5.75 Å². The SMILES string of the molecule is COc1ccc(N2C(=O)NCC2c2cccnc2)cc1. The van der Waals surface area contributed by atoms with Gasteiger partial charge >= 0.3 is 6.03 Å². The number of benzene rings is 1. The van der Waals surface area contributed by atoms with Crippen molar-refractivity contribution in [1.29, 1.82) is 0 Å². The molecule has 1 aromatic carbocycles. The Hall–Kier alpha value is -2.56. The van der Waals surface area contributed by atoms with Gasteiger partial charge in [0, 0.05) is 24.6 Å². The highest BCUT2D eigenvalue weighted by Crippen LogP contribution is 2.31. The number of rotatable bonds is 3. The summed E-state index contributed by atoms with van der Waals surface area (Å²) in [6, 6.07) is 11.2. The maximum atomic E-state index is 12.1. The van der Waals surface area contributed by atoms with Gasteiger partial charge in [-0.15, -0.1) is 0 Å². The zero-order chi connectivity index (χ0) is 13.9. The van der Waals surface area contributed by atoms with Gasteiger partial charge in [0.2, 0.25) is 0 Å². The Labute approximate surface area is 117 Å². The molecular formula is C15H15N3O2. The highest BCUT2D eigenvalue weighted by molar-refractivity contribution is 5.95. The summed E-state index contributed by atoms with van der Waals surface area (Å²) in [5, 5.41) is 2.87. The summed E-state index contributed by atoms with van der Waals surface area (Å²) in [6.45, 7) is 0.580. The fraction of sp³-hybridized carbons (Fsp3) is 0.200. The molecule has 5 nitrogen and oxygen atoms in total. The first-order valence-corrected chi connectivity index (χ1v) is 6.40. The Morgan fingerprint density at radius 1 is 1.30 bits per heavy atom. The number of nitrogens with zero attached hydrogens (tertiary/aromatic N) is 2. The maximum absolute atomic E-state index is 12.1. The fourth-order valence-electron chi connectivity index (χ4n) is 2.38. The molecule has 102 valence electrons. The van der Waals surface area contributed by atoms with Crippen molar-refractivity contribution in [3.8, 4) is 5.75 Å². The van der Waals surface area contributed by atoms with E-state index in [9.17, 15) is 4.79 Å². The van der Waals surface area contributed by atoms with Gasteiger partial charge in [0.1, 0.15) is 5.75 Å². The largest absolute Gasteiger partial charge is 0.497 e. The van der Waals surface area contributed by atoms with Gasteiger partial charge in [0.25, 0.3) is 0 Å². The second-order valence-electron chi connectivity index (χ2n) is 4.56. The van der Waals surface area contributed by atoms with Crippen molar-refractivity contribution in [2.24, 2.45) is 0 Å². The number of nitrogens with one attached hydrogen (secondary N) is 1. The van der Waals surface area contributed by atoms with E-state index in [-0.39, 0.29) is 12.1 Å². The lowest BCUT2D eigenvalue weighted by atomic mass is 10.1. The lowest BCUT2D eigenvalue weighted by molar-refractivity contribution is 0.251. The van der Waals surface area contributed by atoms with Crippen LogP contribution in [0, 0.1) is 0 Å². The molecule has 0 bridgehead atoms. The molecule has 0 saturated carbocycles. The molecule has 0 aliphatic carbocycles. The van der Waals surface area contributed by atoms with Crippen LogP contribution in [0.15, 0.2) is 48.8 Å². The van der Waals surface area contributed by atoms with Crippen molar-refractivity contribution in [1.82, 2.24) is 10.3 Å². The maximum Gasteiger partial charge on any atom is 0.322 e. The number of aromatic nitrogens is 1. The molecular weight excluding hydrogens is 254 g/mol. The number of pyridine rings is 1. The summed E-state index contributed by atoms with van der Waals surface area (Å²) >= 11 is 0. The number of carbonyl (C=O) groups excluding carboxylic acids is 1. The number of methoxy groups -OCH3 is 1. The van der Waals surface area contributed by atoms with Gasteiger partial charge in [-0.05, 0) is 35.9 Å². The van der Waals surface area contributed by atoms with E-state index in [0.29, 0.717) is 6.54 Å². The second-order valence-corrected chi connectivity index (χ2v) is 4.56. The first-order chi connectivity index (χ1) is 9.79. The Morgan fingerprint density at radius 2 is 2.10 bits per heavy atom. The Kier molecular flexibility index (Phi) is 3.25. The molecule has 2 heterocycles. The number of urea groups is 1. The predicted molar refractivity (Wildman–Crippen MR) is 75.8 cm³/mol. The van der Waals surface area contributed by atoms with Crippen LogP contribution in [0.25, 0.3) is 0 Å². The van der Waals surface area contributed by atoms with E-state index >= 15 is 0 Å². The van der Waals surface area contributed by atoms with E-state index < -0.39 is 0 Å². The summed E-state index contributed by atoms with van der Waals surface area (Å²) in [7, 11) is 1.62. The number of anilines is 1. The normalized spacial score (nSPS) is 17.9. The molecule has 3 rings (SSSR count). The summed E-state index contributed by atoms with van der Waals surface area (Å²) in [5.41, 5.74) is 1.86. The van der Waals surface area contributed by atoms with E-state index in [1.807, 2.05) is 36.4 Å². The topological polar surface area (TPSA) is 54.5 Å². The number of hydrogen-bond acceptors (Lipinski definition) is 3. The molecule has 1 unspecified atom stereocenters.